The molecule has 5 heteroatoms. The molecule has 5 nitrogen and oxygen atoms in total. The molecule has 24 heavy (non-hydrogen) atoms. The number of aryl methyl sites for hydroxylation is 1. The Bertz CT molecular complexity index is 827. The van der Waals surface area contributed by atoms with Gasteiger partial charge in [0.15, 0.2) is 11.5 Å². The average molecular weight is 324 g/mol. The molecule has 0 unspecified atom stereocenters. The number of hydrogen-bond acceptors (Lipinski definition) is 5. The van der Waals surface area contributed by atoms with Crippen LogP contribution in [0.5, 0.6) is 11.5 Å². The van der Waals surface area contributed by atoms with Gasteiger partial charge in [0.05, 0.1) is 13.7 Å². The van der Waals surface area contributed by atoms with E-state index in [-0.39, 0.29) is 0 Å². The highest BCUT2D eigenvalue weighted by Crippen LogP contribution is 2.32. The molecule has 0 aliphatic rings. The lowest BCUT2D eigenvalue weighted by Gasteiger charge is -2.10. The van der Waals surface area contributed by atoms with Crippen LogP contribution in [0.15, 0.2) is 47.0 Å². The van der Waals surface area contributed by atoms with Gasteiger partial charge < -0.3 is 14.0 Å². The molecule has 0 saturated carbocycles. The van der Waals surface area contributed by atoms with Crippen molar-refractivity contribution in [1.29, 1.82) is 0 Å². The highest BCUT2D eigenvalue weighted by molar-refractivity contribution is 5.63. The molecule has 124 valence electrons. The van der Waals surface area contributed by atoms with Crippen LogP contribution in [0.4, 0.5) is 0 Å². The van der Waals surface area contributed by atoms with Gasteiger partial charge >= 0.3 is 0 Å². The maximum atomic E-state index is 5.67. The second-order valence-electron chi connectivity index (χ2n) is 5.51. The number of nitrogens with zero attached hydrogens (tertiary/aromatic N) is 2. The third kappa shape index (κ3) is 3.40. The van der Waals surface area contributed by atoms with Gasteiger partial charge in [-0.15, -0.1) is 0 Å². The number of benzene rings is 2. The molecule has 3 rings (SSSR count). The molecule has 3 aromatic rings. The number of hydrogen-bond donors (Lipinski definition) is 0. The average Bonchev–Trinajstić information content (AvgIpc) is 3.10. The minimum atomic E-state index is 0.499. The van der Waals surface area contributed by atoms with Crippen molar-refractivity contribution in [2.75, 3.05) is 13.7 Å². The molecular formula is C19H20N2O3. The van der Waals surface area contributed by atoms with E-state index in [0.29, 0.717) is 29.8 Å². The maximum Gasteiger partial charge on any atom is 0.258 e. The molecular weight excluding hydrogens is 304 g/mol. The number of ether oxygens (including phenoxy) is 2. The van der Waals surface area contributed by atoms with Gasteiger partial charge in [0.1, 0.15) is 0 Å². The zero-order chi connectivity index (χ0) is 16.9. The Balaban J connectivity index is 1.89. The van der Waals surface area contributed by atoms with Crippen LogP contribution in [0.3, 0.4) is 0 Å². The fraction of sp³-hybridized carbons (Fsp3) is 0.263. The summed E-state index contributed by atoms with van der Waals surface area (Å²) in [4.78, 5) is 4.48. The Hall–Kier alpha value is -2.82. The van der Waals surface area contributed by atoms with Crippen LogP contribution in [0.1, 0.15) is 18.9 Å². The van der Waals surface area contributed by atoms with Crippen molar-refractivity contribution in [3.05, 3.63) is 48.0 Å². The standard InChI is InChI=1S/C19H20N2O3/c1-4-10-23-16-9-8-14(12-17(16)22-3)18-20-19(24-21-18)15-7-5-6-13(2)11-15/h5-9,11-12H,4,10H2,1-3H3. The summed E-state index contributed by atoms with van der Waals surface area (Å²) in [6.45, 7) is 4.74. The topological polar surface area (TPSA) is 57.4 Å². The van der Waals surface area contributed by atoms with Crippen LogP contribution in [-0.2, 0) is 0 Å². The second kappa shape index (κ2) is 7.17. The lowest BCUT2D eigenvalue weighted by atomic mass is 10.1. The highest BCUT2D eigenvalue weighted by atomic mass is 16.5. The summed E-state index contributed by atoms with van der Waals surface area (Å²) < 4.78 is 16.5. The van der Waals surface area contributed by atoms with Gasteiger partial charge in [-0.1, -0.05) is 29.8 Å². The molecule has 0 bridgehead atoms. The normalized spacial score (nSPS) is 10.6. The molecule has 0 fully saturated rings. The molecule has 0 aliphatic heterocycles. The Kier molecular flexibility index (Phi) is 4.79. The van der Waals surface area contributed by atoms with Crippen molar-refractivity contribution in [3.8, 4) is 34.3 Å². The molecule has 0 aliphatic carbocycles. The summed E-state index contributed by atoms with van der Waals surface area (Å²) in [6, 6.07) is 13.6. The fourth-order valence-electron chi connectivity index (χ4n) is 2.37. The Morgan fingerprint density at radius 3 is 2.67 bits per heavy atom. The van der Waals surface area contributed by atoms with Crippen molar-refractivity contribution in [3.63, 3.8) is 0 Å². The van der Waals surface area contributed by atoms with Gasteiger partial charge in [-0.2, -0.15) is 4.98 Å². The molecule has 2 aromatic carbocycles. The monoisotopic (exact) mass is 324 g/mol. The predicted octanol–water partition coefficient (Wildman–Crippen LogP) is 4.51. The maximum absolute atomic E-state index is 5.67. The second-order valence-corrected chi connectivity index (χ2v) is 5.51. The minimum absolute atomic E-state index is 0.499. The molecule has 0 amide bonds. The van der Waals surface area contributed by atoms with Crippen LogP contribution < -0.4 is 9.47 Å². The molecule has 1 heterocycles. The summed E-state index contributed by atoms with van der Waals surface area (Å²) >= 11 is 0. The predicted molar refractivity (Wildman–Crippen MR) is 92.2 cm³/mol. The molecule has 0 N–H and O–H groups in total. The Morgan fingerprint density at radius 1 is 1.04 bits per heavy atom. The molecule has 0 radical (unpaired) electrons. The number of methoxy groups -OCH3 is 1. The SMILES string of the molecule is CCCOc1ccc(-c2noc(-c3cccc(C)c3)n2)cc1OC. The number of rotatable bonds is 6. The largest absolute Gasteiger partial charge is 0.493 e. The first-order chi connectivity index (χ1) is 11.7. The first-order valence-electron chi connectivity index (χ1n) is 7.93. The molecule has 0 spiro atoms. The Morgan fingerprint density at radius 2 is 1.92 bits per heavy atom. The molecule has 0 atom stereocenters. The third-order valence-corrected chi connectivity index (χ3v) is 3.57. The van der Waals surface area contributed by atoms with Crippen LogP contribution in [0.2, 0.25) is 0 Å². The quantitative estimate of drug-likeness (QED) is 0.667. The van der Waals surface area contributed by atoms with Gasteiger partial charge in [-0.25, -0.2) is 0 Å². The smallest absolute Gasteiger partial charge is 0.258 e. The van der Waals surface area contributed by atoms with E-state index < -0.39 is 0 Å². The summed E-state index contributed by atoms with van der Waals surface area (Å²) in [5.74, 6) is 2.39. The summed E-state index contributed by atoms with van der Waals surface area (Å²) in [5, 5.41) is 4.08. The first-order valence-corrected chi connectivity index (χ1v) is 7.93. The minimum Gasteiger partial charge on any atom is -0.493 e. The van der Waals surface area contributed by atoms with Crippen LogP contribution in [0.25, 0.3) is 22.8 Å². The van der Waals surface area contributed by atoms with Crippen molar-refractivity contribution >= 4 is 0 Å². The molecule has 0 saturated heterocycles. The van der Waals surface area contributed by atoms with Gasteiger partial charge in [0, 0.05) is 11.1 Å². The van der Waals surface area contributed by atoms with Crippen molar-refractivity contribution in [2.45, 2.75) is 20.3 Å². The van der Waals surface area contributed by atoms with Crippen molar-refractivity contribution < 1.29 is 14.0 Å². The first kappa shape index (κ1) is 16.1. The van der Waals surface area contributed by atoms with Crippen LogP contribution >= 0.6 is 0 Å². The van der Waals surface area contributed by atoms with Crippen LogP contribution in [0, 0.1) is 6.92 Å². The van der Waals surface area contributed by atoms with E-state index in [1.54, 1.807) is 7.11 Å². The fourth-order valence-corrected chi connectivity index (χ4v) is 2.37. The summed E-state index contributed by atoms with van der Waals surface area (Å²) in [6.07, 6.45) is 0.940. The lowest BCUT2D eigenvalue weighted by Crippen LogP contribution is -1.98. The number of aromatic nitrogens is 2. The van der Waals surface area contributed by atoms with E-state index in [9.17, 15) is 0 Å². The zero-order valence-corrected chi connectivity index (χ0v) is 14.1. The summed E-state index contributed by atoms with van der Waals surface area (Å²) in [7, 11) is 1.62. The highest BCUT2D eigenvalue weighted by Gasteiger charge is 2.13. The van der Waals surface area contributed by atoms with Gasteiger partial charge in [-0.05, 0) is 43.7 Å². The van der Waals surface area contributed by atoms with E-state index in [2.05, 4.69) is 17.1 Å². The van der Waals surface area contributed by atoms with E-state index in [0.717, 1.165) is 23.1 Å². The zero-order valence-electron chi connectivity index (χ0n) is 14.1. The van der Waals surface area contributed by atoms with Crippen molar-refractivity contribution in [2.24, 2.45) is 0 Å². The van der Waals surface area contributed by atoms with E-state index in [1.165, 1.54) is 0 Å². The summed E-state index contributed by atoms with van der Waals surface area (Å²) in [5.41, 5.74) is 2.87. The van der Waals surface area contributed by atoms with Crippen molar-refractivity contribution in [1.82, 2.24) is 10.1 Å². The van der Waals surface area contributed by atoms with E-state index in [4.69, 9.17) is 14.0 Å². The van der Waals surface area contributed by atoms with E-state index in [1.807, 2.05) is 49.4 Å². The third-order valence-electron chi connectivity index (χ3n) is 3.57. The Labute approximate surface area is 141 Å². The van der Waals surface area contributed by atoms with Crippen LogP contribution in [-0.4, -0.2) is 23.9 Å². The van der Waals surface area contributed by atoms with E-state index >= 15 is 0 Å². The lowest BCUT2D eigenvalue weighted by molar-refractivity contribution is 0.294. The van der Waals surface area contributed by atoms with Gasteiger partial charge in [-0.3, -0.25) is 0 Å². The van der Waals surface area contributed by atoms with Gasteiger partial charge in [0.2, 0.25) is 5.82 Å². The van der Waals surface area contributed by atoms with Gasteiger partial charge in [0.25, 0.3) is 5.89 Å². The molecule has 1 aromatic heterocycles.